The van der Waals surface area contributed by atoms with Gasteiger partial charge in [0.1, 0.15) is 5.75 Å². The molecule has 26 heavy (non-hydrogen) atoms. The maximum Gasteiger partial charge on any atom is 0.330 e. The molecular weight excluding hydrogens is 338 g/mol. The second-order valence-corrected chi connectivity index (χ2v) is 5.73. The minimum absolute atomic E-state index is 0.300. The lowest BCUT2D eigenvalue weighted by atomic mass is 10.1. The quantitative estimate of drug-likeness (QED) is 0.853. The van der Waals surface area contributed by atoms with Crippen molar-refractivity contribution in [2.75, 3.05) is 20.3 Å². The maximum absolute atomic E-state index is 12.5. The van der Waals surface area contributed by atoms with E-state index in [-0.39, 0.29) is 0 Å². The normalized spacial score (nSPS) is 14.0. The van der Waals surface area contributed by atoms with Gasteiger partial charge in [0.15, 0.2) is 17.5 Å². The lowest BCUT2D eigenvalue weighted by Crippen LogP contribution is -2.33. The van der Waals surface area contributed by atoms with Crippen LogP contribution in [0.1, 0.15) is 28.4 Å². The van der Waals surface area contributed by atoms with Crippen LogP contribution in [-0.4, -0.2) is 37.3 Å². The third-order valence-electron chi connectivity index (χ3n) is 3.98. The van der Waals surface area contributed by atoms with Crippen LogP contribution in [0.3, 0.4) is 0 Å². The van der Waals surface area contributed by atoms with Crippen LogP contribution in [-0.2, 0) is 4.79 Å². The van der Waals surface area contributed by atoms with Gasteiger partial charge in [0.2, 0.25) is 0 Å². The van der Waals surface area contributed by atoms with Crippen molar-refractivity contribution >= 4 is 11.9 Å². The average molecular weight is 357 g/mol. The second-order valence-electron chi connectivity index (χ2n) is 5.73. The Morgan fingerprint density at radius 3 is 2.42 bits per heavy atom. The molecule has 1 aliphatic rings. The number of fused-ring (bicyclic) bond motifs is 1. The third-order valence-corrected chi connectivity index (χ3v) is 3.98. The molecule has 1 aliphatic heterocycles. The van der Waals surface area contributed by atoms with Gasteiger partial charge in [-0.25, -0.2) is 4.79 Å². The molecule has 0 aliphatic carbocycles. The highest BCUT2D eigenvalue weighted by Crippen LogP contribution is 2.30. The van der Waals surface area contributed by atoms with Gasteiger partial charge in [-0.05, 0) is 35.9 Å². The number of carboxylic acid groups (broad SMARTS) is 1. The van der Waals surface area contributed by atoms with Crippen molar-refractivity contribution in [2.24, 2.45) is 0 Å². The van der Waals surface area contributed by atoms with Crippen LogP contribution < -0.4 is 19.5 Å². The van der Waals surface area contributed by atoms with E-state index in [1.807, 2.05) is 0 Å². The van der Waals surface area contributed by atoms with Crippen LogP contribution in [0, 0.1) is 0 Å². The zero-order valence-corrected chi connectivity index (χ0v) is 14.2. The molecular formula is C19H19NO6. The van der Waals surface area contributed by atoms with Crippen molar-refractivity contribution in [1.29, 1.82) is 0 Å². The number of carbonyl (C=O) groups is 2. The molecule has 0 saturated heterocycles. The SMILES string of the molecule is COc1ccc(C(NC(=O)c2ccc3c(c2)OCCCO3)C(=O)O)cc1. The van der Waals surface area contributed by atoms with Gasteiger partial charge >= 0.3 is 5.97 Å². The summed E-state index contributed by atoms with van der Waals surface area (Å²) in [5.41, 5.74) is 0.745. The van der Waals surface area contributed by atoms with Crippen molar-refractivity contribution in [3.8, 4) is 17.2 Å². The lowest BCUT2D eigenvalue weighted by molar-refractivity contribution is -0.139. The number of carboxylic acids is 1. The first-order valence-electron chi connectivity index (χ1n) is 8.16. The Kier molecular flexibility index (Phi) is 5.26. The summed E-state index contributed by atoms with van der Waals surface area (Å²) in [6.07, 6.45) is 0.759. The average Bonchev–Trinajstić information content (AvgIpc) is 2.90. The molecule has 0 aromatic heterocycles. The van der Waals surface area contributed by atoms with E-state index in [4.69, 9.17) is 14.2 Å². The number of hydrogen-bond donors (Lipinski definition) is 2. The van der Waals surface area contributed by atoms with E-state index < -0.39 is 17.9 Å². The molecule has 136 valence electrons. The molecule has 1 heterocycles. The highest BCUT2D eigenvalue weighted by Gasteiger charge is 2.23. The summed E-state index contributed by atoms with van der Waals surface area (Å²) in [5, 5.41) is 12.0. The Morgan fingerprint density at radius 1 is 1.08 bits per heavy atom. The number of nitrogens with one attached hydrogen (secondary N) is 1. The summed E-state index contributed by atoms with van der Waals surface area (Å²) in [6, 6.07) is 10.1. The second kappa shape index (κ2) is 7.77. The molecule has 1 amide bonds. The summed E-state index contributed by atoms with van der Waals surface area (Å²) in [6.45, 7) is 1.05. The van der Waals surface area contributed by atoms with Crippen molar-refractivity contribution in [2.45, 2.75) is 12.5 Å². The summed E-state index contributed by atoms with van der Waals surface area (Å²) < 4.78 is 16.2. The Labute approximate surface area is 150 Å². The van der Waals surface area contributed by atoms with E-state index in [9.17, 15) is 14.7 Å². The molecule has 0 saturated carbocycles. The number of carbonyl (C=O) groups excluding carboxylic acids is 1. The Hall–Kier alpha value is -3.22. The van der Waals surface area contributed by atoms with Gasteiger partial charge in [0.25, 0.3) is 5.91 Å². The van der Waals surface area contributed by atoms with Gasteiger partial charge in [-0.2, -0.15) is 0 Å². The number of ether oxygens (including phenoxy) is 3. The van der Waals surface area contributed by atoms with E-state index in [0.29, 0.717) is 41.6 Å². The minimum atomic E-state index is -1.18. The van der Waals surface area contributed by atoms with Crippen LogP contribution >= 0.6 is 0 Å². The number of rotatable bonds is 5. The molecule has 2 aromatic carbocycles. The zero-order valence-electron chi connectivity index (χ0n) is 14.2. The van der Waals surface area contributed by atoms with Crippen LogP contribution in [0.5, 0.6) is 17.2 Å². The van der Waals surface area contributed by atoms with Crippen LogP contribution in [0.2, 0.25) is 0 Å². The fraction of sp³-hybridized carbons (Fsp3) is 0.263. The van der Waals surface area contributed by atoms with Crippen LogP contribution in [0.15, 0.2) is 42.5 Å². The highest BCUT2D eigenvalue weighted by atomic mass is 16.5. The molecule has 7 nitrogen and oxygen atoms in total. The zero-order chi connectivity index (χ0) is 18.5. The van der Waals surface area contributed by atoms with Crippen LogP contribution in [0.4, 0.5) is 0 Å². The first-order chi connectivity index (χ1) is 12.6. The molecule has 1 atom stereocenters. The van der Waals surface area contributed by atoms with Crippen molar-refractivity contribution < 1.29 is 28.9 Å². The molecule has 2 aromatic rings. The van der Waals surface area contributed by atoms with E-state index in [1.165, 1.54) is 7.11 Å². The molecule has 1 unspecified atom stereocenters. The van der Waals surface area contributed by atoms with Gasteiger partial charge in [-0.3, -0.25) is 4.79 Å². The van der Waals surface area contributed by atoms with E-state index in [2.05, 4.69) is 5.32 Å². The molecule has 0 radical (unpaired) electrons. The van der Waals surface area contributed by atoms with Crippen molar-refractivity contribution in [3.05, 3.63) is 53.6 Å². The number of amides is 1. The van der Waals surface area contributed by atoms with Gasteiger partial charge in [-0.1, -0.05) is 12.1 Å². The van der Waals surface area contributed by atoms with Crippen LogP contribution in [0.25, 0.3) is 0 Å². The molecule has 0 fully saturated rings. The molecule has 7 heteroatoms. The van der Waals surface area contributed by atoms with Gasteiger partial charge in [-0.15, -0.1) is 0 Å². The van der Waals surface area contributed by atoms with Crippen molar-refractivity contribution in [3.63, 3.8) is 0 Å². The number of aliphatic carboxylic acids is 1. The van der Waals surface area contributed by atoms with Gasteiger partial charge in [0.05, 0.1) is 20.3 Å². The van der Waals surface area contributed by atoms with E-state index in [0.717, 1.165) is 6.42 Å². The Bertz CT molecular complexity index is 802. The predicted molar refractivity (Wildman–Crippen MR) is 92.9 cm³/mol. The standard InChI is InChI=1S/C19H19NO6/c1-24-14-6-3-12(4-7-14)17(19(22)23)20-18(21)13-5-8-15-16(11-13)26-10-2-9-25-15/h3-8,11,17H,2,9-10H2,1H3,(H,20,21)(H,22,23). The largest absolute Gasteiger partial charge is 0.497 e. The Morgan fingerprint density at radius 2 is 1.77 bits per heavy atom. The predicted octanol–water partition coefficient (Wildman–Crippen LogP) is 2.41. The topological polar surface area (TPSA) is 94.1 Å². The number of benzene rings is 2. The summed E-state index contributed by atoms with van der Waals surface area (Å²) >= 11 is 0. The fourth-order valence-corrected chi connectivity index (χ4v) is 2.60. The molecule has 0 bridgehead atoms. The maximum atomic E-state index is 12.5. The number of hydrogen-bond acceptors (Lipinski definition) is 5. The lowest BCUT2D eigenvalue weighted by Gasteiger charge is -2.16. The monoisotopic (exact) mass is 357 g/mol. The third kappa shape index (κ3) is 3.88. The van der Waals surface area contributed by atoms with Crippen molar-refractivity contribution in [1.82, 2.24) is 5.32 Å². The molecule has 3 rings (SSSR count). The highest BCUT2D eigenvalue weighted by molar-refractivity contribution is 5.97. The van der Waals surface area contributed by atoms with Gasteiger partial charge in [0, 0.05) is 12.0 Å². The summed E-state index contributed by atoms with van der Waals surface area (Å²) in [5.74, 6) is -0.00990. The first kappa shape index (κ1) is 17.6. The smallest absolute Gasteiger partial charge is 0.330 e. The van der Waals surface area contributed by atoms with E-state index >= 15 is 0 Å². The van der Waals surface area contributed by atoms with Gasteiger partial charge < -0.3 is 24.6 Å². The Balaban J connectivity index is 1.79. The molecule has 2 N–H and O–H groups in total. The summed E-state index contributed by atoms with van der Waals surface area (Å²) in [4.78, 5) is 24.1. The first-order valence-corrected chi connectivity index (χ1v) is 8.16. The summed E-state index contributed by atoms with van der Waals surface area (Å²) in [7, 11) is 1.52. The minimum Gasteiger partial charge on any atom is -0.497 e. The molecule has 0 spiro atoms. The fourth-order valence-electron chi connectivity index (χ4n) is 2.60. The van der Waals surface area contributed by atoms with E-state index in [1.54, 1.807) is 42.5 Å². The number of methoxy groups -OCH3 is 1.